The van der Waals surface area contributed by atoms with E-state index in [4.69, 9.17) is 0 Å². The molecule has 5 aromatic rings. The monoisotopic (exact) mass is 647 g/mol. The number of hydrogen-bond acceptors (Lipinski definition) is 3. The summed E-state index contributed by atoms with van der Waals surface area (Å²) in [5.74, 6) is -1.81. The predicted octanol–water partition coefficient (Wildman–Crippen LogP) is 7.81. The average Bonchev–Trinajstić information content (AvgIpc) is 3.13. The number of halogens is 2. The highest BCUT2D eigenvalue weighted by molar-refractivity contribution is 5.83. The second kappa shape index (κ2) is 15.1. The minimum absolute atomic E-state index is 0.0313. The topological polar surface area (TPSA) is 45.6 Å². The molecule has 0 spiro atoms. The molecule has 0 atom stereocenters. The number of rotatable bonds is 11. The van der Waals surface area contributed by atoms with Crippen LogP contribution >= 0.6 is 0 Å². The van der Waals surface area contributed by atoms with Gasteiger partial charge < -0.3 is 14.4 Å². The Morgan fingerprint density at radius 3 is 2.15 bits per heavy atom. The average molecular weight is 648 g/mol. The number of carbonyl (C=O) groups is 1. The van der Waals surface area contributed by atoms with E-state index < -0.39 is 11.6 Å². The molecule has 48 heavy (non-hydrogen) atoms. The third kappa shape index (κ3) is 7.42. The van der Waals surface area contributed by atoms with Gasteiger partial charge in [0.05, 0.1) is 5.52 Å². The van der Waals surface area contributed by atoms with E-state index in [0.29, 0.717) is 23.1 Å². The van der Waals surface area contributed by atoms with E-state index in [9.17, 15) is 18.4 Å². The smallest absolute Gasteiger partial charge is 0.243 e. The molecule has 0 unspecified atom stereocenters. The van der Waals surface area contributed by atoms with E-state index in [1.54, 1.807) is 18.2 Å². The van der Waals surface area contributed by atoms with Crippen molar-refractivity contribution in [2.45, 2.75) is 65.1 Å². The SMILES string of the molecule is CCc1ccc(-c2ccc(CN(C(=O)Cn3c(CCc4cccc(F)c4F)cc(=O)c4ccccc43)C3CCN(CC)CC3)cc2)cc1. The van der Waals surface area contributed by atoms with Crippen LogP contribution < -0.4 is 5.43 Å². The lowest BCUT2D eigenvalue weighted by atomic mass is 10.00. The van der Waals surface area contributed by atoms with Gasteiger partial charge in [-0.25, -0.2) is 8.78 Å². The second-order valence-electron chi connectivity index (χ2n) is 12.8. The molecule has 6 rings (SSSR count). The molecular weight excluding hydrogens is 604 g/mol. The fourth-order valence-electron chi connectivity index (χ4n) is 6.90. The maximum Gasteiger partial charge on any atom is 0.243 e. The Hall–Kier alpha value is -4.62. The molecule has 4 aromatic carbocycles. The van der Waals surface area contributed by atoms with E-state index in [1.807, 2.05) is 27.7 Å². The molecule has 0 bridgehead atoms. The summed E-state index contributed by atoms with van der Waals surface area (Å²) in [4.78, 5) is 32.1. The predicted molar refractivity (Wildman–Crippen MR) is 189 cm³/mol. The van der Waals surface area contributed by atoms with Crippen molar-refractivity contribution in [1.29, 1.82) is 0 Å². The number of piperidine rings is 1. The Balaban J connectivity index is 1.30. The maximum absolute atomic E-state index is 14.6. The van der Waals surface area contributed by atoms with Crippen molar-refractivity contribution in [2.75, 3.05) is 19.6 Å². The van der Waals surface area contributed by atoms with Crippen LogP contribution in [0, 0.1) is 11.6 Å². The van der Waals surface area contributed by atoms with Crippen LogP contribution in [0.1, 0.15) is 49.1 Å². The van der Waals surface area contributed by atoms with E-state index in [1.165, 1.54) is 11.6 Å². The first-order valence-electron chi connectivity index (χ1n) is 17.1. The maximum atomic E-state index is 14.6. The fraction of sp³-hybridized carbons (Fsp3) is 0.317. The number of aryl methyl sites for hydroxylation is 3. The van der Waals surface area contributed by atoms with Crippen LogP contribution in [-0.2, 0) is 37.1 Å². The molecule has 0 radical (unpaired) electrons. The number of para-hydroxylation sites is 1. The van der Waals surface area contributed by atoms with Crippen molar-refractivity contribution < 1.29 is 13.6 Å². The van der Waals surface area contributed by atoms with Gasteiger partial charge in [-0.1, -0.05) is 86.6 Å². The van der Waals surface area contributed by atoms with Crippen molar-refractivity contribution >= 4 is 16.8 Å². The standard InChI is InChI=1S/C41H43F2N3O2/c1-3-29-12-16-31(17-13-29)32-18-14-30(15-19-32)27-46(34-22-24-44(4-2)25-23-34)40(48)28-45-35(21-20-33-8-7-10-37(42)41(33)43)26-39(47)36-9-5-6-11-38(36)45/h5-19,26,34H,3-4,20-25,27-28H2,1-2H3. The summed E-state index contributed by atoms with van der Waals surface area (Å²) < 4.78 is 30.4. The molecule has 0 aliphatic carbocycles. The van der Waals surface area contributed by atoms with Crippen LogP contribution in [0.5, 0.6) is 0 Å². The first-order chi connectivity index (χ1) is 23.3. The minimum atomic E-state index is -0.897. The number of carbonyl (C=O) groups excluding carboxylic acids is 1. The number of nitrogens with zero attached hydrogens (tertiary/aromatic N) is 3. The summed E-state index contributed by atoms with van der Waals surface area (Å²) in [5, 5.41) is 0.524. The zero-order chi connectivity index (χ0) is 33.6. The molecule has 0 saturated carbocycles. The molecule has 1 fully saturated rings. The summed E-state index contributed by atoms with van der Waals surface area (Å²) in [6.45, 7) is 7.69. The highest BCUT2D eigenvalue weighted by Crippen LogP contribution is 2.25. The van der Waals surface area contributed by atoms with Crippen molar-refractivity contribution in [1.82, 2.24) is 14.4 Å². The number of hydrogen-bond donors (Lipinski definition) is 0. The van der Waals surface area contributed by atoms with E-state index >= 15 is 0 Å². The largest absolute Gasteiger partial charge is 0.335 e. The van der Waals surface area contributed by atoms with Crippen molar-refractivity contribution in [3.8, 4) is 11.1 Å². The highest BCUT2D eigenvalue weighted by Gasteiger charge is 2.28. The van der Waals surface area contributed by atoms with Crippen LogP contribution in [0.3, 0.4) is 0 Å². The van der Waals surface area contributed by atoms with Gasteiger partial charge in [-0.3, -0.25) is 9.59 Å². The third-order valence-electron chi connectivity index (χ3n) is 9.85. The van der Waals surface area contributed by atoms with Gasteiger partial charge in [0.2, 0.25) is 5.91 Å². The second-order valence-corrected chi connectivity index (χ2v) is 12.8. The fourth-order valence-corrected chi connectivity index (χ4v) is 6.90. The zero-order valence-electron chi connectivity index (χ0n) is 27.8. The molecule has 7 heteroatoms. The Labute approximate surface area is 281 Å². The Morgan fingerprint density at radius 1 is 0.812 bits per heavy atom. The molecule has 1 aliphatic rings. The van der Waals surface area contributed by atoms with Crippen LogP contribution in [0.25, 0.3) is 22.0 Å². The van der Waals surface area contributed by atoms with Gasteiger partial charge in [0.15, 0.2) is 17.1 Å². The quantitative estimate of drug-likeness (QED) is 0.147. The van der Waals surface area contributed by atoms with E-state index in [2.05, 4.69) is 67.3 Å². The van der Waals surface area contributed by atoms with E-state index in [-0.39, 0.29) is 42.3 Å². The van der Waals surface area contributed by atoms with Crippen LogP contribution in [0.4, 0.5) is 8.78 Å². The number of pyridine rings is 1. The molecule has 5 nitrogen and oxygen atoms in total. The first kappa shape index (κ1) is 33.3. The van der Waals surface area contributed by atoms with Crippen LogP contribution in [0.2, 0.25) is 0 Å². The number of amides is 1. The molecule has 1 saturated heterocycles. The summed E-state index contributed by atoms with van der Waals surface area (Å²) in [6.07, 6.45) is 3.25. The summed E-state index contributed by atoms with van der Waals surface area (Å²) in [7, 11) is 0. The lowest BCUT2D eigenvalue weighted by molar-refractivity contribution is -0.136. The van der Waals surface area contributed by atoms with Crippen LogP contribution in [-0.4, -0.2) is 46.0 Å². The molecule has 1 aliphatic heterocycles. The lowest BCUT2D eigenvalue weighted by Crippen LogP contribution is -2.48. The Bertz CT molecular complexity index is 1930. The van der Waals surface area contributed by atoms with Crippen molar-refractivity contribution in [3.05, 3.63) is 141 Å². The third-order valence-corrected chi connectivity index (χ3v) is 9.85. The minimum Gasteiger partial charge on any atom is -0.335 e. The number of fused-ring (bicyclic) bond motifs is 1. The first-order valence-corrected chi connectivity index (χ1v) is 17.1. The summed E-state index contributed by atoms with van der Waals surface area (Å²) in [5.41, 5.74) is 6.02. The molecule has 1 aromatic heterocycles. The molecule has 248 valence electrons. The number of benzene rings is 4. The summed E-state index contributed by atoms with van der Waals surface area (Å²) in [6, 6.07) is 30.2. The number of likely N-dealkylation sites (tertiary alicyclic amines) is 1. The Morgan fingerprint density at radius 2 is 1.48 bits per heavy atom. The number of aromatic nitrogens is 1. The normalized spacial score (nSPS) is 14.0. The van der Waals surface area contributed by atoms with E-state index in [0.717, 1.165) is 61.7 Å². The van der Waals surface area contributed by atoms with Gasteiger partial charge >= 0.3 is 0 Å². The van der Waals surface area contributed by atoms with Gasteiger partial charge in [0.1, 0.15) is 6.54 Å². The van der Waals surface area contributed by atoms with Crippen LogP contribution in [0.15, 0.2) is 102 Å². The van der Waals surface area contributed by atoms with Gasteiger partial charge in [0, 0.05) is 42.8 Å². The van der Waals surface area contributed by atoms with Gasteiger partial charge in [-0.15, -0.1) is 0 Å². The molecular formula is C41H43F2N3O2. The molecule has 2 heterocycles. The zero-order valence-corrected chi connectivity index (χ0v) is 27.8. The molecule has 1 amide bonds. The summed E-state index contributed by atoms with van der Waals surface area (Å²) >= 11 is 0. The highest BCUT2D eigenvalue weighted by atomic mass is 19.2. The Kier molecular flexibility index (Phi) is 10.5. The molecule has 0 N–H and O–H groups in total. The van der Waals surface area contributed by atoms with Gasteiger partial charge in [0.25, 0.3) is 0 Å². The van der Waals surface area contributed by atoms with Gasteiger partial charge in [-0.05, 0) is 84.7 Å². The van der Waals surface area contributed by atoms with Crippen molar-refractivity contribution in [3.63, 3.8) is 0 Å². The van der Waals surface area contributed by atoms with Crippen molar-refractivity contribution in [2.24, 2.45) is 0 Å². The lowest BCUT2D eigenvalue weighted by Gasteiger charge is -2.38. The van der Waals surface area contributed by atoms with Gasteiger partial charge in [-0.2, -0.15) is 0 Å².